The molecule has 19 heavy (non-hydrogen) atoms. The molecular formula is C10H11N3O6. The molecule has 0 saturated heterocycles. The first-order chi connectivity index (χ1) is 8.99. The van der Waals surface area contributed by atoms with Crippen LogP contribution in [-0.2, 0) is 4.74 Å². The van der Waals surface area contributed by atoms with Crippen LogP contribution in [0.3, 0.4) is 0 Å². The lowest BCUT2D eigenvalue weighted by Crippen LogP contribution is -2.16. The zero-order valence-electron chi connectivity index (χ0n) is 10.1. The normalized spacial score (nSPS) is 10.2. The van der Waals surface area contributed by atoms with Crippen molar-refractivity contribution in [3.05, 3.63) is 27.8 Å². The molecule has 0 bridgehead atoms. The van der Waals surface area contributed by atoms with Crippen molar-refractivity contribution in [3.63, 3.8) is 0 Å². The van der Waals surface area contributed by atoms with E-state index in [2.05, 4.69) is 9.84 Å². The van der Waals surface area contributed by atoms with Crippen molar-refractivity contribution < 1.29 is 24.3 Å². The Kier molecular flexibility index (Phi) is 4.63. The molecule has 0 aliphatic heterocycles. The predicted octanol–water partition coefficient (Wildman–Crippen LogP) is 0.999. The van der Waals surface area contributed by atoms with Gasteiger partial charge < -0.3 is 14.6 Å². The van der Waals surface area contributed by atoms with Gasteiger partial charge in [-0.25, -0.2) is 10.2 Å². The second-order valence-electron chi connectivity index (χ2n) is 3.20. The molecule has 1 aromatic carbocycles. The number of carbonyl (C=O) groups excluding carboxylic acids is 1. The van der Waals surface area contributed by atoms with Gasteiger partial charge in [-0.05, 0) is 0 Å². The van der Waals surface area contributed by atoms with Gasteiger partial charge in [0.2, 0.25) is 0 Å². The van der Waals surface area contributed by atoms with Crippen molar-refractivity contribution in [2.45, 2.75) is 0 Å². The average molecular weight is 269 g/mol. The molecule has 0 aromatic heterocycles. The number of phenols is 1. The van der Waals surface area contributed by atoms with Gasteiger partial charge in [0.1, 0.15) is 0 Å². The van der Waals surface area contributed by atoms with Crippen LogP contribution in [0.25, 0.3) is 0 Å². The van der Waals surface area contributed by atoms with Crippen molar-refractivity contribution in [1.29, 1.82) is 0 Å². The fraction of sp³-hybridized carbons (Fsp3) is 0.200. The van der Waals surface area contributed by atoms with E-state index in [9.17, 15) is 20.0 Å². The van der Waals surface area contributed by atoms with Gasteiger partial charge in [0.25, 0.3) is 5.69 Å². The van der Waals surface area contributed by atoms with E-state index in [0.29, 0.717) is 0 Å². The number of amides is 1. The highest BCUT2D eigenvalue weighted by Gasteiger charge is 2.15. The molecule has 2 N–H and O–H groups in total. The Morgan fingerprint density at radius 2 is 2.21 bits per heavy atom. The topological polar surface area (TPSA) is 123 Å². The molecule has 0 unspecified atom stereocenters. The number of aromatic hydroxyl groups is 1. The summed E-state index contributed by atoms with van der Waals surface area (Å²) in [7, 11) is 2.41. The largest absolute Gasteiger partial charge is 0.504 e. The van der Waals surface area contributed by atoms with Gasteiger partial charge in [0.15, 0.2) is 11.5 Å². The van der Waals surface area contributed by atoms with Crippen molar-refractivity contribution >= 4 is 18.0 Å². The van der Waals surface area contributed by atoms with Gasteiger partial charge in [0.05, 0.1) is 31.4 Å². The fourth-order valence-corrected chi connectivity index (χ4v) is 1.17. The van der Waals surface area contributed by atoms with E-state index < -0.39 is 11.0 Å². The summed E-state index contributed by atoms with van der Waals surface area (Å²) in [6.45, 7) is 0. The number of ether oxygens (including phenoxy) is 2. The molecular weight excluding hydrogens is 258 g/mol. The third-order valence-corrected chi connectivity index (χ3v) is 2.06. The number of phenolic OH excluding ortho intramolecular Hbond substituents is 1. The lowest BCUT2D eigenvalue weighted by Gasteiger charge is -2.05. The van der Waals surface area contributed by atoms with E-state index in [1.165, 1.54) is 7.11 Å². The highest BCUT2D eigenvalue weighted by atomic mass is 16.6. The third-order valence-electron chi connectivity index (χ3n) is 2.06. The van der Waals surface area contributed by atoms with Crippen LogP contribution in [0.2, 0.25) is 0 Å². The Morgan fingerprint density at radius 1 is 1.53 bits per heavy atom. The molecule has 1 aromatic rings. The van der Waals surface area contributed by atoms with E-state index >= 15 is 0 Å². The summed E-state index contributed by atoms with van der Waals surface area (Å²) in [4.78, 5) is 20.8. The number of benzene rings is 1. The minimum atomic E-state index is -0.812. The monoisotopic (exact) mass is 269 g/mol. The van der Waals surface area contributed by atoms with Crippen molar-refractivity contribution in [2.75, 3.05) is 14.2 Å². The Hall–Kier alpha value is -2.84. The van der Waals surface area contributed by atoms with Gasteiger partial charge in [-0.2, -0.15) is 5.10 Å². The Labute approximate surface area is 107 Å². The van der Waals surface area contributed by atoms with Crippen LogP contribution >= 0.6 is 0 Å². The number of carbonyl (C=O) groups is 1. The van der Waals surface area contributed by atoms with Crippen LogP contribution in [-0.4, -0.2) is 36.6 Å². The number of hydrogen-bond donors (Lipinski definition) is 2. The highest BCUT2D eigenvalue weighted by Crippen LogP contribution is 2.33. The maximum Gasteiger partial charge on any atom is 0.427 e. The van der Waals surface area contributed by atoms with E-state index in [4.69, 9.17) is 4.74 Å². The van der Waals surface area contributed by atoms with Crippen molar-refractivity contribution in [1.82, 2.24) is 5.43 Å². The second-order valence-corrected chi connectivity index (χ2v) is 3.20. The molecule has 9 heteroatoms. The zero-order chi connectivity index (χ0) is 14.4. The van der Waals surface area contributed by atoms with Crippen molar-refractivity contribution in [2.24, 2.45) is 5.10 Å². The first kappa shape index (κ1) is 14.2. The molecule has 0 saturated carbocycles. The molecule has 102 valence electrons. The quantitative estimate of drug-likeness (QED) is 0.477. The Bertz CT molecular complexity index is 528. The van der Waals surface area contributed by atoms with Gasteiger partial charge >= 0.3 is 6.09 Å². The molecule has 0 spiro atoms. The summed E-state index contributed by atoms with van der Waals surface area (Å²) in [5.74, 6) is -0.405. The minimum absolute atomic E-state index is 0.0162. The smallest absolute Gasteiger partial charge is 0.427 e. The molecule has 0 heterocycles. The van der Waals surface area contributed by atoms with Crippen molar-refractivity contribution in [3.8, 4) is 11.5 Å². The summed E-state index contributed by atoms with van der Waals surface area (Å²) >= 11 is 0. The van der Waals surface area contributed by atoms with Crippen LogP contribution in [0.5, 0.6) is 11.5 Å². The third kappa shape index (κ3) is 3.56. The lowest BCUT2D eigenvalue weighted by atomic mass is 10.2. The Balaban J connectivity index is 3.08. The number of methoxy groups -OCH3 is 2. The number of nitrogens with one attached hydrogen (secondary N) is 1. The molecule has 9 nitrogen and oxygen atoms in total. The van der Waals surface area contributed by atoms with Gasteiger partial charge in [0, 0.05) is 11.6 Å². The number of nitrogens with zero attached hydrogens (tertiary/aromatic N) is 2. The number of nitro groups is 1. The van der Waals surface area contributed by atoms with Crippen LogP contribution in [0.1, 0.15) is 5.56 Å². The number of hydrazone groups is 1. The van der Waals surface area contributed by atoms with E-state index in [-0.39, 0.29) is 22.7 Å². The van der Waals surface area contributed by atoms with Gasteiger partial charge in [-0.15, -0.1) is 0 Å². The first-order valence-corrected chi connectivity index (χ1v) is 4.92. The number of hydrogen-bond acceptors (Lipinski definition) is 7. The van der Waals surface area contributed by atoms with E-state index in [1.807, 2.05) is 5.43 Å². The van der Waals surface area contributed by atoms with Crippen LogP contribution in [0, 0.1) is 10.1 Å². The zero-order valence-corrected chi connectivity index (χ0v) is 10.1. The van der Waals surface area contributed by atoms with E-state index in [0.717, 1.165) is 25.5 Å². The summed E-state index contributed by atoms with van der Waals surface area (Å²) in [6.07, 6.45) is 0.218. The number of rotatable bonds is 4. The molecule has 1 amide bonds. The van der Waals surface area contributed by atoms with Gasteiger partial charge in [-0.1, -0.05) is 0 Å². The summed E-state index contributed by atoms with van der Waals surface area (Å²) in [6, 6.07) is 2.15. The fourth-order valence-electron chi connectivity index (χ4n) is 1.17. The van der Waals surface area contributed by atoms with Gasteiger partial charge in [-0.3, -0.25) is 10.1 Å². The number of nitro benzene ring substituents is 1. The minimum Gasteiger partial charge on any atom is -0.504 e. The molecule has 0 atom stereocenters. The average Bonchev–Trinajstić information content (AvgIpc) is 2.40. The molecule has 0 aliphatic carbocycles. The van der Waals surface area contributed by atoms with Crippen LogP contribution in [0.4, 0.5) is 10.5 Å². The molecule has 1 rings (SSSR count). The summed E-state index contributed by atoms with van der Waals surface area (Å²) in [5, 5.41) is 23.9. The summed E-state index contributed by atoms with van der Waals surface area (Å²) < 4.78 is 9.06. The van der Waals surface area contributed by atoms with Crippen LogP contribution in [0.15, 0.2) is 17.2 Å². The molecule has 0 aliphatic rings. The first-order valence-electron chi connectivity index (χ1n) is 4.92. The predicted molar refractivity (Wildman–Crippen MR) is 64.4 cm³/mol. The Morgan fingerprint density at radius 3 is 2.74 bits per heavy atom. The molecule has 0 radical (unpaired) electrons. The standard InChI is InChI=1S/C10H11N3O6/c1-18-8-4-7(13(16)17)3-6(9(8)14)5-11-12-10(15)19-2/h3-5,14H,1-2H3,(H,12,15). The molecule has 0 fully saturated rings. The maximum atomic E-state index is 10.7. The SMILES string of the molecule is COC(=O)NN=Cc1cc([N+](=O)[O-])cc(OC)c1O. The number of non-ortho nitro benzene ring substituents is 1. The highest BCUT2D eigenvalue weighted by molar-refractivity contribution is 5.86. The van der Waals surface area contributed by atoms with Crippen LogP contribution < -0.4 is 10.2 Å². The second kappa shape index (κ2) is 6.19. The van der Waals surface area contributed by atoms with E-state index in [1.54, 1.807) is 0 Å². The summed E-state index contributed by atoms with van der Waals surface area (Å²) in [5.41, 5.74) is 1.71. The maximum absolute atomic E-state index is 10.7. The lowest BCUT2D eigenvalue weighted by molar-refractivity contribution is -0.385.